The zero-order valence-electron chi connectivity index (χ0n) is 11.0. The van der Waals surface area contributed by atoms with Crippen molar-refractivity contribution in [3.05, 3.63) is 30.1 Å². The molecule has 0 atom stereocenters. The van der Waals surface area contributed by atoms with Crippen LogP contribution in [0.3, 0.4) is 0 Å². The van der Waals surface area contributed by atoms with Crippen LogP contribution in [0.1, 0.15) is 0 Å². The minimum atomic E-state index is -4.29. The van der Waals surface area contributed by atoms with E-state index in [2.05, 4.69) is 0 Å². The molecule has 1 aromatic carbocycles. The van der Waals surface area contributed by atoms with Gasteiger partial charge in [-0.05, 0) is 24.3 Å². The molecule has 0 radical (unpaired) electrons. The first kappa shape index (κ1) is 16.2. The van der Waals surface area contributed by atoms with Gasteiger partial charge in [-0.25, -0.2) is 12.8 Å². The van der Waals surface area contributed by atoms with Crippen molar-refractivity contribution >= 4 is 10.0 Å². The van der Waals surface area contributed by atoms with Crippen molar-refractivity contribution < 1.29 is 26.0 Å². The lowest BCUT2D eigenvalue weighted by Crippen LogP contribution is -2.50. The number of rotatable bonds is 3. The standard InChI is InChI=1S/C12H14F4N2O2S/c13-10-1-3-11(4-2-10)21(19,20)18-7-5-17(6-8-18)9-12(14,15)16/h1-4H,5-9H2. The third-order valence-electron chi connectivity index (χ3n) is 3.19. The molecule has 1 aliphatic rings. The Bertz CT molecular complexity index is 578. The van der Waals surface area contributed by atoms with Crippen LogP contribution in [-0.4, -0.2) is 56.5 Å². The van der Waals surface area contributed by atoms with Gasteiger partial charge in [0.1, 0.15) is 5.82 Å². The maximum Gasteiger partial charge on any atom is 0.401 e. The monoisotopic (exact) mass is 326 g/mol. The van der Waals surface area contributed by atoms with Crippen molar-refractivity contribution in [3.8, 4) is 0 Å². The van der Waals surface area contributed by atoms with Gasteiger partial charge >= 0.3 is 6.18 Å². The molecule has 21 heavy (non-hydrogen) atoms. The van der Waals surface area contributed by atoms with Crippen molar-refractivity contribution in [2.75, 3.05) is 32.7 Å². The highest BCUT2D eigenvalue weighted by Crippen LogP contribution is 2.21. The van der Waals surface area contributed by atoms with Crippen LogP contribution < -0.4 is 0 Å². The lowest BCUT2D eigenvalue weighted by Gasteiger charge is -2.34. The van der Waals surface area contributed by atoms with E-state index < -0.39 is 28.6 Å². The summed E-state index contributed by atoms with van der Waals surface area (Å²) in [6.07, 6.45) is -4.29. The number of nitrogens with zero attached hydrogens (tertiary/aromatic N) is 2. The lowest BCUT2D eigenvalue weighted by atomic mass is 10.3. The Hall–Kier alpha value is -1.19. The van der Waals surface area contributed by atoms with Crippen LogP contribution in [0.15, 0.2) is 29.2 Å². The molecule has 0 spiro atoms. The molecule has 0 aromatic heterocycles. The summed E-state index contributed by atoms with van der Waals surface area (Å²) in [5.74, 6) is -0.552. The van der Waals surface area contributed by atoms with Crippen LogP contribution in [0.5, 0.6) is 0 Å². The van der Waals surface area contributed by atoms with Crippen molar-refractivity contribution in [2.24, 2.45) is 0 Å². The molecule has 1 heterocycles. The zero-order valence-corrected chi connectivity index (χ0v) is 11.8. The molecule has 118 valence electrons. The van der Waals surface area contributed by atoms with Crippen molar-refractivity contribution in [2.45, 2.75) is 11.1 Å². The highest BCUT2D eigenvalue weighted by Gasteiger charge is 2.34. The molecule has 1 fully saturated rings. The highest BCUT2D eigenvalue weighted by atomic mass is 32.2. The van der Waals surface area contributed by atoms with Gasteiger partial charge in [-0.3, -0.25) is 4.90 Å². The summed E-state index contributed by atoms with van der Waals surface area (Å²) in [6.45, 7) is -1.05. The molecule has 1 saturated heterocycles. The Morgan fingerprint density at radius 1 is 1.00 bits per heavy atom. The summed E-state index contributed by atoms with van der Waals surface area (Å²) in [5.41, 5.74) is 0. The normalized spacial score (nSPS) is 18.9. The molecule has 0 saturated carbocycles. The van der Waals surface area contributed by atoms with Crippen LogP contribution in [0.2, 0.25) is 0 Å². The number of hydrogen-bond acceptors (Lipinski definition) is 3. The van der Waals surface area contributed by atoms with Gasteiger partial charge in [0.2, 0.25) is 10.0 Å². The number of hydrogen-bond donors (Lipinski definition) is 0. The van der Waals surface area contributed by atoms with E-state index in [-0.39, 0.29) is 31.1 Å². The molecule has 1 aromatic rings. The molecule has 4 nitrogen and oxygen atoms in total. The van der Waals surface area contributed by atoms with E-state index in [0.717, 1.165) is 33.5 Å². The molecule has 0 N–H and O–H groups in total. The molecule has 0 unspecified atom stereocenters. The molecular formula is C12H14F4N2O2S. The second-order valence-corrected chi connectivity index (χ2v) is 6.69. The maximum absolute atomic E-state index is 12.8. The third-order valence-corrected chi connectivity index (χ3v) is 5.10. The third kappa shape index (κ3) is 4.14. The fraction of sp³-hybridized carbons (Fsp3) is 0.500. The van der Waals surface area contributed by atoms with Gasteiger partial charge in [0.25, 0.3) is 0 Å². The van der Waals surface area contributed by atoms with Crippen molar-refractivity contribution in [1.82, 2.24) is 9.21 Å². The number of alkyl halides is 3. The predicted molar refractivity (Wildman–Crippen MR) is 67.7 cm³/mol. The fourth-order valence-electron chi connectivity index (χ4n) is 2.14. The van der Waals surface area contributed by atoms with Gasteiger partial charge < -0.3 is 0 Å². The van der Waals surface area contributed by atoms with Gasteiger partial charge in [0.15, 0.2) is 0 Å². The fourth-order valence-corrected chi connectivity index (χ4v) is 3.56. The van der Waals surface area contributed by atoms with Gasteiger partial charge in [0.05, 0.1) is 11.4 Å². The molecule has 0 bridgehead atoms. The largest absolute Gasteiger partial charge is 0.401 e. The number of halogens is 4. The summed E-state index contributed by atoms with van der Waals surface area (Å²) in [6, 6.07) is 4.36. The van der Waals surface area contributed by atoms with E-state index in [1.165, 1.54) is 0 Å². The highest BCUT2D eigenvalue weighted by molar-refractivity contribution is 7.89. The summed E-state index contributed by atoms with van der Waals surface area (Å²) >= 11 is 0. The van der Waals surface area contributed by atoms with Crippen LogP contribution >= 0.6 is 0 Å². The predicted octanol–water partition coefficient (Wildman–Crippen LogP) is 1.69. The van der Waals surface area contributed by atoms with E-state index in [1.54, 1.807) is 0 Å². The molecule has 0 amide bonds. The Morgan fingerprint density at radius 3 is 2.00 bits per heavy atom. The van der Waals surface area contributed by atoms with E-state index in [9.17, 15) is 26.0 Å². The van der Waals surface area contributed by atoms with Gasteiger partial charge in [-0.1, -0.05) is 0 Å². The topological polar surface area (TPSA) is 40.6 Å². The SMILES string of the molecule is O=S(=O)(c1ccc(F)cc1)N1CCN(CC(F)(F)F)CC1. The Kier molecular flexibility index (Phi) is 4.54. The molecular weight excluding hydrogens is 312 g/mol. The number of benzene rings is 1. The smallest absolute Gasteiger partial charge is 0.292 e. The first-order valence-electron chi connectivity index (χ1n) is 6.23. The number of sulfonamides is 1. The molecule has 0 aliphatic carbocycles. The van der Waals surface area contributed by atoms with Crippen LogP contribution in [0.25, 0.3) is 0 Å². The van der Waals surface area contributed by atoms with Crippen molar-refractivity contribution in [1.29, 1.82) is 0 Å². The number of piperazine rings is 1. The first-order chi connectivity index (χ1) is 9.68. The van der Waals surface area contributed by atoms with E-state index in [4.69, 9.17) is 0 Å². The Balaban J connectivity index is 2.03. The molecule has 1 aliphatic heterocycles. The Morgan fingerprint density at radius 2 is 1.52 bits per heavy atom. The average Bonchev–Trinajstić information content (AvgIpc) is 2.38. The first-order valence-corrected chi connectivity index (χ1v) is 7.67. The summed E-state index contributed by atoms with van der Waals surface area (Å²) < 4.78 is 75.2. The van der Waals surface area contributed by atoms with Crippen molar-refractivity contribution in [3.63, 3.8) is 0 Å². The lowest BCUT2D eigenvalue weighted by molar-refractivity contribution is -0.148. The summed E-state index contributed by atoms with van der Waals surface area (Å²) in [7, 11) is -3.79. The van der Waals surface area contributed by atoms with Crippen LogP contribution in [0, 0.1) is 5.82 Å². The Labute approximate surface area is 120 Å². The maximum atomic E-state index is 12.8. The van der Waals surface area contributed by atoms with Gasteiger partial charge in [-0.15, -0.1) is 0 Å². The van der Waals surface area contributed by atoms with Crippen LogP contribution in [-0.2, 0) is 10.0 Å². The van der Waals surface area contributed by atoms with E-state index in [0.29, 0.717) is 0 Å². The van der Waals surface area contributed by atoms with Gasteiger partial charge in [-0.2, -0.15) is 17.5 Å². The second kappa shape index (κ2) is 5.90. The minimum absolute atomic E-state index is 0.0138. The summed E-state index contributed by atoms with van der Waals surface area (Å²) in [4.78, 5) is 1.10. The average molecular weight is 326 g/mol. The zero-order chi connectivity index (χ0) is 15.7. The quantitative estimate of drug-likeness (QED) is 0.794. The molecule has 2 rings (SSSR count). The van der Waals surface area contributed by atoms with E-state index >= 15 is 0 Å². The minimum Gasteiger partial charge on any atom is -0.292 e. The van der Waals surface area contributed by atoms with E-state index in [1.807, 2.05) is 0 Å². The molecule has 9 heteroatoms. The second-order valence-electron chi connectivity index (χ2n) is 4.75. The van der Waals surface area contributed by atoms with Crippen LogP contribution in [0.4, 0.5) is 17.6 Å². The summed E-state index contributed by atoms with van der Waals surface area (Å²) in [5, 5.41) is 0. The van der Waals surface area contributed by atoms with Gasteiger partial charge in [0, 0.05) is 26.2 Å².